The van der Waals surface area contributed by atoms with Crippen molar-refractivity contribution in [3.8, 4) is 5.69 Å². The van der Waals surface area contributed by atoms with Gasteiger partial charge in [-0.2, -0.15) is 4.31 Å². The molecule has 0 saturated carbocycles. The van der Waals surface area contributed by atoms with E-state index in [0.717, 1.165) is 32.5 Å². The van der Waals surface area contributed by atoms with Crippen LogP contribution in [0.2, 0.25) is 0 Å². The fourth-order valence-electron chi connectivity index (χ4n) is 4.97. The molecule has 1 amide bonds. The number of sulfonamides is 1. The fourth-order valence-corrected chi connectivity index (χ4v) is 6.49. The van der Waals surface area contributed by atoms with Crippen molar-refractivity contribution in [1.82, 2.24) is 34.7 Å². The number of carbonyl (C=O) groups excluding carboxylic acids is 1. The van der Waals surface area contributed by atoms with E-state index in [1.54, 1.807) is 24.3 Å². The number of tetrazole rings is 1. The molecular weight excluding hydrogens is 478 g/mol. The van der Waals surface area contributed by atoms with Crippen molar-refractivity contribution >= 4 is 15.9 Å². The van der Waals surface area contributed by atoms with Crippen molar-refractivity contribution < 1.29 is 13.2 Å². The quantitative estimate of drug-likeness (QED) is 0.517. The molecule has 3 aromatic rings. The average Bonchev–Trinajstić information content (AvgIpc) is 3.46. The Morgan fingerprint density at radius 3 is 2.42 bits per heavy atom. The number of hydrogen-bond acceptors (Lipinski definition) is 7. The molecule has 1 N–H and O–H groups in total. The van der Waals surface area contributed by atoms with Crippen molar-refractivity contribution in [2.75, 3.05) is 26.2 Å². The predicted octanol–water partition coefficient (Wildman–Crippen LogP) is 1.84. The molecule has 1 atom stereocenters. The largest absolute Gasteiger partial charge is 0.353 e. The van der Waals surface area contributed by atoms with E-state index in [-0.39, 0.29) is 29.3 Å². The third-order valence-electron chi connectivity index (χ3n) is 7.03. The monoisotopic (exact) mass is 509 g/mol. The summed E-state index contributed by atoms with van der Waals surface area (Å²) in [6.07, 6.45) is 4.62. The highest BCUT2D eigenvalue weighted by Crippen LogP contribution is 2.25. The molecule has 5 rings (SSSR count). The lowest BCUT2D eigenvalue weighted by molar-refractivity contribution is -0.127. The van der Waals surface area contributed by atoms with Gasteiger partial charge in [0.1, 0.15) is 6.33 Å². The van der Waals surface area contributed by atoms with Crippen LogP contribution in [0.15, 0.2) is 65.8 Å². The lowest BCUT2D eigenvalue weighted by Gasteiger charge is -2.35. The zero-order valence-corrected chi connectivity index (χ0v) is 20.9. The Bertz CT molecular complexity index is 1240. The van der Waals surface area contributed by atoms with Crippen LogP contribution in [0.5, 0.6) is 0 Å². The zero-order valence-electron chi connectivity index (χ0n) is 20.1. The van der Waals surface area contributed by atoms with E-state index in [2.05, 4.69) is 50.0 Å². The first-order chi connectivity index (χ1) is 17.5. The molecule has 0 unspecified atom stereocenters. The summed E-state index contributed by atoms with van der Waals surface area (Å²) in [7, 11) is -3.70. The van der Waals surface area contributed by atoms with Crippen LogP contribution in [0.25, 0.3) is 5.69 Å². The molecule has 2 aliphatic rings. The van der Waals surface area contributed by atoms with Crippen LogP contribution in [0, 0.1) is 5.92 Å². The van der Waals surface area contributed by atoms with Crippen molar-refractivity contribution in [3.05, 3.63) is 66.5 Å². The Balaban J connectivity index is 1.14. The van der Waals surface area contributed by atoms with E-state index in [4.69, 9.17) is 0 Å². The number of hydrogen-bond donors (Lipinski definition) is 1. The van der Waals surface area contributed by atoms with E-state index in [0.29, 0.717) is 25.1 Å². The van der Waals surface area contributed by atoms with Crippen molar-refractivity contribution in [2.24, 2.45) is 5.92 Å². The van der Waals surface area contributed by atoms with Gasteiger partial charge in [-0.15, -0.1) is 5.10 Å². The first kappa shape index (κ1) is 24.5. The fraction of sp³-hybridized carbons (Fsp3) is 0.440. The summed E-state index contributed by atoms with van der Waals surface area (Å²) in [4.78, 5) is 15.7. The summed E-state index contributed by atoms with van der Waals surface area (Å²) in [5.41, 5.74) is 1.97. The first-order valence-electron chi connectivity index (χ1n) is 12.4. The molecule has 2 fully saturated rings. The third-order valence-corrected chi connectivity index (χ3v) is 8.91. The molecule has 1 aromatic heterocycles. The smallest absolute Gasteiger partial charge is 0.243 e. The average molecular weight is 510 g/mol. The predicted molar refractivity (Wildman–Crippen MR) is 134 cm³/mol. The van der Waals surface area contributed by atoms with Gasteiger partial charge < -0.3 is 5.32 Å². The van der Waals surface area contributed by atoms with Gasteiger partial charge in [0.15, 0.2) is 0 Å². The topological polar surface area (TPSA) is 113 Å². The molecule has 10 nitrogen and oxygen atoms in total. The molecule has 2 aromatic carbocycles. The Morgan fingerprint density at radius 2 is 1.72 bits per heavy atom. The Morgan fingerprint density at radius 1 is 0.972 bits per heavy atom. The minimum absolute atomic E-state index is 0.0366. The number of rotatable bonds is 7. The van der Waals surface area contributed by atoms with Gasteiger partial charge in [0.2, 0.25) is 15.9 Å². The zero-order chi connectivity index (χ0) is 25.0. The number of likely N-dealkylation sites (tertiary alicyclic amines) is 1. The highest BCUT2D eigenvalue weighted by Gasteiger charge is 2.34. The number of benzene rings is 2. The molecule has 3 heterocycles. The molecule has 190 valence electrons. The number of nitrogens with one attached hydrogen (secondary N) is 1. The van der Waals surface area contributed by atoms with Crippen LogP contribution in [0.1, 0.15) is 31.2 Å². The second-order valence-corrected chi connectivity index (χ2v) is 11.4. The van der Waals surface area contributed by atoms with Crippen LogP contribution < -0.4 is 5.32 Å². The molecule has 0 radical (unpaired) electrons. The van der Waals surface area contributed by atoms with Crippen molar-refractivity contribution in [2.45, 2.75) is 43.2 Å². The molecule has 0 bridgehead atoms. The number of aromatic nitrogens is 4. The summed E-state index contributed by atoms with van der Waals surface area (Å²) in [6, 6.07) is 17.0. The van der Waals surface area contributed by atoms with E-state index in [9.17, 15) is 13.2 Å². The number of piperidine rings is 2. The highest BCUT2D eigenvalue weighted by atomic mass is 32.2. The van der Waals surface area contributed by atoms with E-state index < -0.39 is 10.0 Å². The number of carbonyl (C=O) groups is 1. The van der Waals surface area contributed by atoms with Crippen molar-refractivity contribution in [3.63, 3.8) is 0 Å². The van der Waals surface area contributed by atoms with Gasteiger partial charge in [-0.3, -0.25) is 9.69 Å². The lowest BCUT2D eigenvalue weighted by Crippen LogP contribution is -2.50. The van der Waals surface area contributed by atoms with Gasteiger partial charge in [-0.05, 0) is 65.9 Å². The molecule has 2 aliphatic heterocycles. The second-order valence-electron chi connectivity index (χ2n) is 9.50. The van der Waals surface area contributed by atoms with Crippen LogP contribution in [-0.2, 0) is 21.4 Å². The van der Waals surface area contributed by atoms with E-state index in [1.807, 2.05) is 6.07 Å². The minimum atomic E-state index is -3.70. The number of amides is 1. The first-order valence-corrected chi connectivity index (χ1v) is 13.8. The Hall–Kier alpha value is -3.15. The second kappa shape index (κ2) is 10.9. The molecule has 0 spiro atoms. The van der Waals surface area contributed by atoms with Crippen molar-refractivity contribution in [1.29, 1.82) is 0 Å². The maximum absolute atomic E-state index is 13.3. The van der Waals surface area contributed by atoms with Crippen LogP contribution in [0.4, 0.5) is 0 Å². The summed E-state index contributed by atoms with van der Waals surface area (Å²) in [5.74, 6) is -0.373. The molecule has 11 heteroatoms. The van der Waals surface area contributed by atoms with Gasteiger partial charge >= 0.3 is 0 Å². The SMILES string of the molecule is O=C(NC1CCN(Cc2ccccc2)CC1)[C@@H]1CCCN(S(=O)(=O)c2ccc(-n3cnnn3)cc2)C1. The molecule has 36 heavy (non-hydrogen) atoms. The van der Waals surface area contributed by atoms with Crippen LogP contribution in [-0.4, -0.2) is 76.0 Å². The third kappa shape index (κ3) is 5.63. The van der Waals surface area contributed by atoms with Crippen LogP contribution >= 0.6 is 0 Å². The Kier molecular flexibility index (Phi) is 7.40. The summed E-state index contributed by atoms with van der Waals surface area (Å²) in [5, 5.41) is 14.2. The highest BCUT2D eigenvalue weighted by molar-refractivity contribution is 7.89. The van der Waals surface area contributed by atoms with E-state index >= 15 is 0 Å². The molecular formula is C25H31N7O3S. The van der Waals surface area contributed by atoms with E-state index in [1.165, 1.54) is 20.9 Å². The summed E-state index contributed by atoms with van der Waals surface area (Å²) in [6.45, 7) is 3.42. The van der Waals surface area contributed by atoms with Crippen LogP contribution in [0.3, 0.4) is 0 Å². The summed E-state index contributed by atoms with van der Waals surface area (Å²) < 4.78 is 29.4. The normalized spacial score (nSPS) is 20.3. The van der Waals surface area contributed by atoms with Gasteiger partial charge in [0, 0.05) is 38.8 Å². The maximum atomic E-state index is 13.3. The van der Waals surface area contributed by atoms with Gasteiger partial charge in [-0.25, -0.2) is 13.1 Å². The maximum Gasteiger partial charge on any atom is 0.243 e. The summed E-state index contributed by atoms with van der Waals surface area (Å²) >= 11 is 0. The molecule has 2 saturated heterocycles. The lowest BCUT2D eigenvalue weighted by atomic mass is 9.97. The standard InChI is InChI=1S/C25H31N7O3S/c33-25(27-22-12-15-30(16-13-22)17-20-5-2-1-3-6-20)21-7-4-14-31(18-21)36(34,35)24-10-8-23(9-11-24)32-19-26-28-29-32/h1-3,5-6,8-11,19,21-22H,4,7,12-18H2,(H,27,33)/t21-/m1/s1. The Labute approximate surface area is 211 Å². The molecule has 0 aliphatic carbocycles. The van der Waals surface area contributed by atoms with Gasteiger partial charge in [-0.1, -0.05) is 30.3 Å². The minimum Gasteiger partial charge on any atom is -0.353 e. The van der Waals surface area contributed by atoms with Gasteiger partial charge in [0.05, 0.1) is 16.5 Å². The number of nitrogens with zero attached hydrogens (tertiary/aromatic N) is 6. The van der Waals surface area contributed by atoms with Gasteiger partial charge in [0.25, 0.3) is 0 Å².